The van der Waals surface area contributed by atoms with Crippen LogP contribution in [-0.4, -0.2) is 76.8 Å². The Morgan fingerprint density at radius 3 is 2.27 bits per heavy atom. The first kappa shape index (κ1) is 40.9. The zero-order chi connectivity index (χ0) is 39.7. The third-order valence-corrected chi connectivity index (χ3v) is 15.0. The number of nitrogens with one attached hydrogen (secondary N) is 1. The Morgan fingerprint density at radius 1 is 0.786 bits per heavy atom. The van der Waals surface area contributed by atoms with Crippen LogP contribution in [0, 0.1) is 0 Å². The van der Waals surface area contributed by atoms with Gasteiger partial charge in [-0.1, -0.05) is 79.7 Å². The molecule has 4 heterocycles. The number of phosphoric ester groups is 1. The summed E-state index contributed by atoms with van der Waals surface area (Å²) in [5, 5.41) is 4.43. The minimum Gasteiger partial charge on any atom is -0.368 e. The minimum atomic E-state index is -6.01. The molecule has 6 unspecified atom stereocenters. The maximum Gasteiger partial charge on any atom is 0.490 e. The number of hydrogen-bond donors (Lipinski definition) is 5. The summed E-state index contributed by atoms with van der Waals surface area (Å²) >= 11 is 0. The lowest BCUT2D eigenvalue weighted by molar-refractivity contribution is -0.149. The average molecular weight is 856 g/mol. The standard InChI is InChI=1S/C32H37N5O15P4/c1-2-15-33-30-27-31(35-19-34-30)37(20-36-27)32-29-28(48-26(49-29)16-21-9-4-3-5-10-21)25(47-32)17-46-54(40,41)51-56(44,45)52-55(42,43)50-53(38,39)18-23-13-8-12-22-11-6-7-14-24(22)23/h3-14,19-20,25-26,28-29,32H,2,15-18H2,1H3,(H,38,39)(H,40,41)(H,42,43)(H,44,45)(H,33,34,35)/t25-,26?,28+,29?,32-/m1/s1. The molecule has 9 atom stereocenters. The molecular formula is C32H37N5O15P4. The van der Waals surface area contributed by atoms with E-state index in [-0.39, 0.29) is 5.56 Å². The van der Waals surface area contributed by atoms with E-state index in [1.54, 1.807) is 41.0 Å². The first-order chi connectivity index (χ1) is 26.6. The van der Waals surface area contributed by atoms with Gasteiger partial charge in [0.1, 0.15) is 24.6 Å². The van der Waals surface area contributed by atoms with Crippen LogP contribution in [0.2, 0.25) is 0 Å². The molecule has 2 aliphatic heterocycles. The van der Waals surface area contributed by atoms with Crippen molar-refractivity contribution < 1.29 is 69.5 Å². The van der Waals surface area contributed by atoms with Gasteiger partial charge in [-0.05, 0) is 28.3 Å². The molecule has 5 aromatic rings. The second kappa shape index (κ2) is 16.5. The highest BCUT2D eigenvalue weighted by Gasteiger charge is 2.55. The van der Waals surface area contributed by atoms with Gasteiger partial charge in [0, 0.05) is 13.0 Å². The van der Waals surface area contributed by atoms with Gasteiger partial charge in [0.15, 0.2) is 29.5 Å². The fourth-order valence-electron chi connectivity index (χ4n) is 6.39. The summed E-state index contributed by atoms with van der Waals surface area (Å²) in [6.45, 7) is 1.84. The van der Waals surface area contributed by atoms with Crippen LogP contribution in [0.15, 0.2) is 85.5 Å². The molecule has 7 rings (SSSR count). The van der Waals surface area contributed by atoms with E-state index in [4.69, 9.17) is 18.7 Å². The van der Waals surface area contributed by atoms with Crippen molar-refractivity contribution in [1.29, 1.82) is 0 Å². The van der Waals surface area contributed by atoms with Gasteiger partial charge in [-0.2, -0.15) is 8.62 Å². The highest BCUT2D eigenvalue weighted by Crippen LogP contribution is 2.72. The van der Waals surface area contributed by atoms with Crippen LogP contribution in [-0.2, 0) is 62.5 Å². The van der Waals surface area contributed by atoms with E-state index >= 15 is 0 Å². The van der Waals surface area contributed by atoms with Crippen molar-refractivity contribution in [2.75, 3.05) is 18.5 Å². The van der Waals surface area contributed by atoms with E-state index in [0.717, 1.165) is 12.0 Å². The van der Waals surface area contributed by atoms with E-state index in [9.17, 15) is 37.8 Å². The molecule has 2 fully saturated rings. The third kappa shape index (κ3) is 9.71. The van der Waals surface area contributed by atoms with Gasteiger partial charge in [0.05, 0.1) is 19.1 Å². The molecule has 0 aliphatic carbocycles. The minimum absolute atomic E-state index is 0.260. The monoisotopic (exact) mass is 855 g/mol. The second-order valence-corrected chi connectivity index (χ2v) is 19.4. The summed E-state index contributed by atoms with van der Waals surface area (Å²) < 4.78 is 89.1. The normalized spacial score (nSPS) is 25.3. The molecule has 300 valence electrons. The number of fused-ring (bicyclic) bond motifs is 3. The molecule has 2 aliphatic rings. The van der Waals surface area contributed by atoms with Gasteiger partial charge in [0.25, 0.3) is 0 Å². The molecule has 0 spiro atoms. The molecule has 0 bridgehead atoms. The maximum atomic E-state index is 12.9. The number of nitrogens with zero attached hydrogens (tertiary/aromatic N) is 4. The molecule has 24 heteroatoms. The van der Waals surface area contributed by atoms with Crippen molar-refractivity contribution in [2.24, 2.45) is 0 Å². The number of imidazole rings is 1. The first-order valence-electron chi connectivity index (χ1n) is 17.1. The number of anilines is 1. The second-order valence-electron chi connectivity index (χ2n) is 12.7. The van der Waals surface area contributed by atoms with Crippen LogP contribution in [0.3, 0.4) is 0 Å². The largest absolute Gasteiger partial charge is 0.490 e. The molecule has 56 heavy (non-hydrogen) atoms. The Bertz CT molecular complexity index is 2380. The quantitative estimate of drug-likeness (QED) is 0.0691. The topological polar surface area (TPSA) is 269 Å². The zero-order valence-corrected chi connectivity index (χ0v) is 32.9. The molecule has 0 amide bonds. The predicted octanol–water partition coefficient (Wildman–Crippen LogP) is 5.80. The van der Waals surface area contributed by atoms with Gasteiger partial charge < -0.3 is 39.1 Å². The zero-order valence-electron chi connectivity index (χ0n) is 29.4. The molecule has 20 nitrogen and oxygen atoms in total. The van der Waals surface area contributed by atoms with Crippen molar-refractivity contribution in [3.63, 3.8) is 0 Å². The Morgan fingerprint density at radius 2 is 1.48 bits per heavy atom. The number of phosphoric acid groups is 3. The highest BCUT2D eigenvalue weighted by atomic mass is 31.3. The van der Waals surface area contributed by atoms with Crippen LogP contribution in [0.25, 0.3) is 21.9 Å². The van der Waals surface area contributed by atoms with Gasteiger partial charge >= 0.3 is 31.1 Å². The first-order valence-corrected chi connectivity index (χ1v) is 23.3. The van der Waals surface area contributed by atoms with Gasteiger partial charge in [-0.3, -0.25) is 13.7 Å². The smallest absolute Gasteiger partial charge is 0.368 e. The molecule has 5 N–H and O–H groups in total. The van der Waals surface area contributed by atoms with Crippen LogP contribution in [0.1, 0.15) is 30.7 Å². The summed E-state index contributed by atoms with van der Waals surface area (Å²) in [7, 11) is -22.6. The van der Waals surface area contributed by atoms with Crippen LogP contribution in [0.4, 0.5) is 5.82 Å². The lowest BCUT2D eigenvalue weighted by Gasteiger charge is -2.23. The van der Waals surface area contributed by atoms with E-state index in [1.807, 2.05) is 37.3 Å². The Balaban J connectivity index is 1.03. The van der Waals surface area contributed by atoms with Crippen molar-refractivity contribution in [3.8, 4) is 0 Å². The number of hydrogen-bond acceptors (Lipinski definition) is 15. The van der Waals surface area contributed by atoms with Crippen LogP contribution < -0.4 is 5.32 Å². The Kier molecular flexibility index (Phi) is 12.1. The number of ether oxygens (including phenoxy) is 3. The van der Waals surface area contributed by atoms with Crippen molar-refractivity contribution >= 4 is 58.8 Å². The van der Waals surface area contributed by atoms with E-state index < -0.39 is 74.7 Å². The van der Waals surface area contributed by atoms with Crippen molar-refractivity contribution in [3.05, 3.63) is 96.6 Å². The van der Waals surface area contributed by atoms with Crippen molar-refractivity contribution in [2.45, 2.75) is 56.8 Å². The molecule has 3 aromatic carbocycles. The van der Waals surface area contributed by atoms with Crippen LogP contribution in [0.5, 0.6) is 0 Å². The van der Waals surface area contributed by atoms with Gasteiger partial charge in [0.2, 0.25) is 0 Å². The Labute approximate surface area is 319 Å². The number of benzene rings is 3. The van der Waals surface area contributed by atoms with E-state index in [1.165, 1.54) is 18.7 Å². The lowest BCUT2D eigenvalue weighted by Crippen LogP contribution is -2.31. The van der Waals surface area contributed by atoms with E-state index in [0.29, 0.717) is 40.7 Å². The summed E-state index contributed by atoms with van der Waals surface area (Å²) in [5.41, 5.74) is 1.99. The van der Waals surface area contributed by atoms with Crippen molar-refractivity contribution in [1.82, 2.24) is 19.5 Å². The third-order valence-electron chi connectivity index (χ3n) is 8.62. The molecule has 0 saturated carbocycles. The molecule has 0 radical (unpaired) electrons. The summed E-state index contributed by atoms with van der Waals surface area (Å²) in [6.07, 6.45) is -1.45. The summed E-state index contributed by atoms with van der Waals surface area (Å²) in [6, 6.07) is 21.0. The maximum absolute atomic E-state index is 12.9. The molecular weight excluding hydrogens is 818 g/mol. The predicted molar refractivity (Wildman–Crippen MR) is 198 cm³/mol. The average Bonchev–Trinajstić information content (AvgIpc) is 3.83. The van der Waals surface area contributed by atoms with Gasteiger partial charge in [-0.25, -0.2) is 33.0 Å². The fourth-order valence-corrected chi connectivity index (χ4v) is 12.0. The molecule has 2 aromatic heterocycles. The fraction of sp³-hybridized carbons (Fsp3) is 0.344. The lowest BCUT2D eigenvalue weighted by atomic mass is 10.1. The highest BCUT2D eigenvalue weighted by molar-refractivity contribution is 7.70. The number of rotatable bonds is 17. The van der Waals surface area contributed by atoms with Gasteiger partial charge in [-0.15, -0.1) is 0 Å². The van der Waals surface area contributed by atoms with Crippen LogP contribution >= 0.6 is 31.1 Å². The summed E-state index contributed by atoms with van der Waals surface area (Å²) in [4.78, 5) is 54.3. The Hall–Kier alpha value is -3.25. The summed E-state index contributed by atoms with van der Waals surface area (Å²) in [5.74, 6) is 0.494. The molecule has 2 saturated heterocycles. The van der Waals surface area contributed by atoms with E-state index in [2.05, 4.69) is 33.2 Å². The SMILES string of the molecule is CCCNc1ncnc2c1ncn2[C@@H]1O[C@H](COP(=O)(O)OP(=O)(O)OP(=O)(O)OP(=O)(O)Cc2cccc3ccccc23)[C@@H]2OC(Cc3ccccc3)OC21. The number of aromatic nitrogens is 4.